The first-order chi connectivity index (χ1) is 8.70. The van der Waals surface area contributed by atoms with Crippen LogP contribution in [0.1, 0.15) is 18.5 Å². The highest BCUT2D eigenvalue weighted by Crippen LogP contribution is 2.18. The number of hydrogen-bond donors (Lipinski definition) is 1. The maximum absolute atomic E-state index is 11.9. The number of nitrogens with zero attached hydrogens (tertiary/aromatic N) is 1. The lowest BCUT2D eigenvalue weighted by atomic mass is 10.1. The Hall–Kier alpha value is -1.87. The average Bonchev–Trinajstić information content (AvgIpc) is 2.41. The van der Waals surface area contributed by atoms with Crippen LogP contribution in [0.25, 0.3) is 0 Å². The Morgan fingerprint density at radius 3 is 2.56 bits per heavy atom. The van der Waals surface area contributed by atoms with Gasteiger partial charge in [0.25, 0.3) is 0 Å². The van der Waals surface area contributed by atoms with Gasteiger partial charge >= 0.3 is 0 Å². The Morgan fingerprint density at radius 1 is 1.33 bits per heavy atom. The van der Waals surface area contributed by atoms with Crippen molar-refractivity contribution in [1.82, 2.24) is 4.90 Å². The summed E-state index contributed by atoms with van der Waals surface area (Å²) in [4.78, 5) is 13.4. The molecular weight excluding hydrogens is 226 g/mol. The number of hydrogen-bond acceptors (Lipinski definition) is 2. The second-order valence-corrected chi connectivity index (χ2v) is 3.94. The van der Waals surface area contributed by atoms with Crippen LogP contribution in [-0.4, -0.2) is 29.6 Å². The summed E-state index contributed by atoms with van der Waals surface area (Å²) in [5.74, 6) is -0.129. The molecule has 0 bridgehead atoms. The van der Waals surface area contributed by atoms with Gasteiger partial charge in [-0.1, -0.05) is 48.6 Å². The zero-order valence-electron chi connectivity index (χ0n) is 10.8. The minimum absolute atomic E-state index is 0.0935. The van der Waals surface area contributed by atoms with Crippen LogP contribution < -0.4 is 0 Å². The molecule has 0 aromatic heterocycles. The van der Waals surface area contributed by atoms with Gasteiger partial charge in [-0.3, -0.25) is 4.79 Å². The Labute approximate surface area is 108 Å². The normalized spacial score (nSPS) is 13.1. The van der Waals surface area contributed by atoms with E-state index in [2.05, 4.69) is 0 Å². The van der Waals surface area contributed by atoms with E-state index in [-0.39, 0.29) is 18.6 Å². The van der Waals surface area contributed by atoms with Crippen molar-refractivity contribution in [3.05, 3.63) is 60.2 Å². The van der Waals surface area contributed by atoms with Crippen LogP contribution in [0.2, 0.25) is 0 Å². The molecule has 18 heavy (non-hydrogen) atoms. The second kappa shape index (κ2) is 7.45. The standard InChI is InChI=1S/C15H19NO2/c1-3-4-6-11-15(18)16(2)14(12-17)13-9-7-5-8-10-13/h3-11,14,17H,12H2,1-2H3/b4-3+,11-6+. The Kier molecular flexibility index (Phi) is 5.88. The average molecular weight is 245 g/mol. The smallest absolute Gasteiger partial charge is 0.246 e. The molecule has 0 spiro atoms. The minimum atomic E-state index is -0.311. The van der Waals surface area contributed by atoms with Gasteiger partial charge < -0.3 is 10.0 Å². The van der Waals surface area contributed by atoms with Crippen LogP contribution in [0.5, 0.6) is 0 Å². The predicted molar refractivity (Wildman–Crippen MR) is 73.0 cm³/mol. The van der Waals surface area contributed by atoms with Gasteiger partial charge in [-0.05, 0) is 12.5 Å². The molecule has 0 saturated carbocycles. The molecule has 0 aliphatic rings. The molecule has 1 N–H and O–H groups in total. The number of likely N-dealkylation sites (N-methyl/N-ethyl adjacent to an activating group) is 1. The van der Waals surface area contributed by atoms with E-state index in [4.69, 9.17) is 0 Å². The Morgan fingerprint density at radius 2 is 2.00 bits per heavy atom. The van der Waals surface area contributed by atoms with Crippen LogP contribution in [0.4, 0.5) is 0 Å². The first-order valence-corrected chi connectivity index (χ1v) is 5.92. The van der Waals surface area contributed by atoms with E-state index in [9.17, 15) is 9.90 Å². The molecule has 0 aliphatic carbocycles. The lowest BCUT2D eigenvalue weighted by Gasteiger charge is -2.25. The molecule has 0 saturated heterocycles. The van der Waals surface area contributed by atoms with Gasteiger partial charge in [-0.15, -0.1) is 0 Å². The van der Waals surface area contributed by atoms with E-state index in [1.54, 1.807) is 19.2 Å². The van der Waals surface area contributed by atoms with Crippen LogP contribution in [0, 0.1) is 0 Å². The Balaban J connectivity index is 2.80. The van der Waals surface area contributed by atoms with E-state index in [0.29, 0.717) is 0 Å². The van der Waals surface area contributed by atoms with Gasteiger partial charge in [0.05, 0.1) is 12.6 Å². The van der Waals surface area contributed by atoms with Gasteiger partial charge in [0.2, 0.25) is 5.91 Å². The fourth-order valence-corrected chi connectivity index (χ4v) is 1.65. The Bertz CT molecular complexity index is 423. The number of carbonyl (C=O) groups excluding carboxylic acids is 1. The monoisotopic (exact) mass is 245 g/mol. The molecule has 1 unspecified atom stereocenters. The van der Waals surface area contributed by atoms with E-state index >= 15 is 0 Å². The van der Waals surface area contributed by atoms with E-state index in [0.717, 1.165) is 5.56 Å². The van der Waals surface area contributed by atoms with Crippen molar-refractivity contribution >= 4 is 5.91 Å². The maximum Gasteiger partial charge on any atom is 0.246 e. The van der Waals surface area contributed by atoms with Gasteiger partial charge in [-0.2, -0.15) is 0 Å². The van der Waals surface area contributed by atoms with Crippen molar-refractivity contribution < 1.29 is 9.90 Å². The summed E-state index contributed by atoms with van der Waals surface area (Å²) in [6, 6.07) is 9.19. The van der Waals surface area contributed by atoms with Gasteiger partial charge in [0.15, 0.2) is 0 Å². The lowest BCUT2D eigenvalue weighted by molar-refractivity contribution is -0.127. The first kappa shape index (κ1) is 14.2. The molecule has 1 amide bonds. The van der Waals surface area contributed by atoms with Crippen molar-refractivity contribution in [3.63, 3.8) is 0 Å². The van der Waals surface area contributed by atoms with Crippen molar-refractivity contribution in [3.8, 4) is 0 Å². The highest BCUT2D eigenvalue weighted by molar-refractivity contribution is 5.88. The molecule has 1 aromatic carbocycles. The van der Waals surface area contributed by atoms with E-state index < -0.39 is 0 Å². The second-order valence-electron chi connectivity index (χ2n) is 3.94. The van der Waals surface area contributed by atoms with Gasteiger partial charge in [0, 0.05) is 13.1 Å². The zero-order valence-corrected chi connectivity index (χ0v) is 10.8. The maximum atomic E-state index is 11.9. The molecule has 3 nitrogen and oxygen atoms in total. The molecule has 96 valence electrons. The summed E-state index contributed by atoms with van der Waals surface area (Å²) >= 11 is 0. The molecule has 0 heterocycles. The fourth-order valence-electron chi connectivity index (χ4n) is 1.65. The molecule has 1 rings (SSSR count). The molecular formula is C15H19NO2. The topological polar surface area (TPSA) is 40.5 Å². The van der Waals surface area contributed by atoms with Crippen molar-refractivity contribution in [1.29, 1.82) is 0 Å². The summed E-state index contributed by atoms with van der Waals surface area (Å²) in [6.45, 7) is 1.79. The number of aliphatic hydroxyl groups excluding tert-OH is 1. The molecule has 0 aliphatic heterocycles. The third-order valence-electron chi connectivity index (χ3n) is 2.71. The summed E-state index contributed by atoms with van der Waals surface area (Å²) in [7, 11) is 1.69. The van der Waals surface area contributed by atoms with Crippen molar-refractivity contribution in [2.75, 3.05) is 13.7 Å². The number of aliphatic hydroxyl groups is 1. The van der Waals surface area contributed by atoms with Crippen molar-refractivity contribution in [2.45, 2.75) is 13.0 Å². The van der Waals surface area contributed by atoms with Crippen LogP contribution in [0.15, 0.2) is 54.6 Å². The third kappa shape index (κ3) is 3.86. The van der Waals surface area contributed by atoms with Gasteiger partial charge in [-0.25, -0.2) is 0 Å². The highest BCUT2D eigenvalue weighted by Gasteiger charge is 2.18. The first-order valence-electron chi connectivity index (χ1n) is 5.92. The van der Waals surface area contributed by atoms with Crippen LogP contribution in [-0.2, 0) is 4.79 Å². The largest absolute Gasteiger partial charge is 0.394 e. The lowest BCUT2D eigenvalue weighted by Crippen LogP contribution is -2.31. The molecule has 0 fully saturated rings. The summed E-state index contributed by atoms with van der Waals surface area (Å²) < 4.78 is 0. The molecule has 1 aromatic rings. The van der Waals surface area contributed by atoms with Crippen LogP contribution >= 0.6 is 0 Å². The molecule has 1 atom stereocenters. The summed E-state index contributed by atoms with van der Waals surface area (Å²) in [6.07, 6.45) is 6.83. The zero-order chi connectivity index (χ0) is 13.4. The van der Waals surface area contributed by atoms with Crippen molar-refractivity contribution in [2.24, 2.45) is 0 Å². The molecule has 0 radical (unpaired) electrons. The number of amides is 1. The third-order valence-corrected chi connectivity index (χ3v) is 2.71. The number of carbonyl (C=O) groups is 1. The summed E-state index contributed by atoms with van der Waals surface area (Å²) in [5.41, 5.74) is 0.926. The number of benzene rings is 1. The predicted octanol–water partition coefficient (Wildman–Crippen LogP) is 2.31. The number of allylic oxidation sites excluding steroid dienone is 3. The quantitative estimate of drug-likeness (QED) is 0.639. The molecule has 3 heteroatoms. The number of rotatable bonds is 5. The minimum Gasteiger partial charge on any atom is -0.394 e. The SMILES string of the molecule is C/C=C/C=C/C(=O)N(C)C(CO)c1ccccc1. The summed E-state index contributed by atoms with van der Waals surface area (Å²) in [5, 5.41) is 9.44. The highest BCUT2D eigenvalue weighted by atomic mass is 16.3. The fraction of sp³-hybridized carbons (Fsp3) is 0.267. The van der Waals surface area contributed by atoms with E-state index in [1.807, 2.05) is 43.3 Å². The van der Waals surface area contributed by atoms with Crippen LogP contribution in [0.3, 0.4) is 0 Å². The van der Waals surface area contributed by atoms with Gasteiger partial charge in [0.1, 0.15) is 0 Å². The van der Waals surface area contributed by atoms with E-state index in [1.165, 1.54) is 11.0 Å².